The minimum absolute atomic E-state index is 0.784. The molecular formula is C16H15N3. The highest BCUT2D eigenvalue weighted by atomic mass is 15.1. The van der Waals surface area contributed by atoms with Crippen molar-refractivity contribution in [1.82, 2.24) is 9.97 Å². The maximum Gasteiger partial charge on any atom is 0.160 e. The molecule has 1 aromatic carbocycles. The van der Waals surface area contributed by atoms with Crippen LogP contribution in [0.4, 0.5) is 5.69 Å². The average Bonchev–Trinajstić information content (AvgIpc) is 2.70. The van der Waals surface area contributed by atoms with E-state index >= 15 is 0 Å². The van der Waals surface area contributed by atoms with Crippen molar-refractivity contribution in [2.24, 2.45) is 0 Å². The van der Waals surface area contributed by atoms with E-state index in [4.69, 9.17) is 0 Å². The fraction of sp³-hybridized carbons (Fsp3) is 0.125. The number of fused-ring (bicyclic) bond motifs is 1. The lowest BCUT2D eigenvalue weighted by Crippen LogP contribution is -2.07. The molecule has 0 fully saturated rings. The quantitative estimate of drug-likeness (QED) is 0.697. The molecule has 1 heterocycles. The van der Waals surface area contributed by atoms with Gasteiger partial charge in [0.25, 0.3) is 0 Å². The fourth-order valence-corrected chi connectivity index (χ4v) is 2.01. The smallest absolute Gasteiger partial charge is 0.160 e. The second-order valence-corrected chi connectivity index (χ2v) is 4.67. The predicted octanol–water partition coefficient (Wildman–Crippen LogP) is 3.31. The molecule has 0 bridgehead atoms. The van der Waals surface area contributed by atoms with Crippen molar-refractivity contribution in [2.45, 2.75) is 0 Å². The molecule has 3 rings (SSSR count). The summed E-state index contributed by atoms with van der Waals surface area (Å²) >= 11 is 0. The van der Waals surface area contributed by atoms with Crippen molar-refractivity contribution < 1.29 is 0 Å². The molecule has 1 aliphatic heterocycles. The van der Waals surface area contributed by atoms with Gasteiger partial charge in [-0.3, -0.25) is 0 Å². The molecule has 0 N–H and O–H groups in total. The van der Waals surface area contributed by atoms with Crippen molar-refractivity contribution >= 4 is 5.69 Å². The van der Waals surface area contributed by atoms with Crippen molar-refractivity contribution in [1.29, 1.82) is 0 Å². The summed E-state index contributed by atoms with van der Waals surface area (Å²) in [4.78, 5) is 11.2. The van der Waals surface area contributed by atoms with Gasteiger partial charge >= 0.3 is 0 Å². The number of aromatic nitrogens is 2. The van der Waals surface area contributed by atoms with Crippen LogP contribution >= 0.6 is 0 Å². The zero-order valence-corrected chi connectivity index (χ0v) is 11.0. The van der Waals surface area contributed by atoms with Crippen LogP contribution in [0, 0.1) is 0 Å². The molecule has 0 radical (unpaired) electrons. The zero-order chi connectivity index (χ0) is 13.2. The number of hydrogen-bond acceptors (Lipinski definition) is 3. The molecule has 0 spiro atoms. The van der Waals surface area contributed by atoms with Crippen molar-refractivity contribution in [3.8, 4) is 22.8 Å². The molecule has 2 aliphatic rings. The summed E-state index contributed by atoms with van der Waals surface area (Å²) < 4.78 is 0. The number of hydrogen-bond donors (Lipinski definition) is 0. The normalized spacial score (nSPS) is 10.6. The maximum absolute atomic E-state index is 4.57. The fourth-order valence-electron chi connectivity index (χ4n) is 2.01. The molecule has 3 heteroatoms. The first-order valence-electron chi connectivity index (χ1n) is 6.24. The summed E-state index contributed by atoms with van der Waals surface area (Å²) in [5, 5.41) is 0. The van der Waals surface area contributed by atoms with E-state index in [-0.39, 0.29) is 0 Å². The lowest BCUT2D eigenvalue weighted by Gasteiger charge is -2.11. The summed E-state index contributed by atoms with van der Waals surface area (Å²) in [6, 6.07) is 18.2. The Morgan fingerprint density at radius 3 is 1.84 bits per heavy atom. The van der Waals surface area contributed by atoms with Gasteiger partial charge in [-0.1, -0.05) is 18.2 Å². The van der Waals surface area contributed by atoms with Crippen molar-refractivity contribution in [3.63, 3.8) is 0 Å². The number of benzene rings is 1. The second-order valence-electron chi connectivity index (χ2n) is 4.67. The number of nitrogens with zero attached hydrogens (tertiary/aromatic N) is 3. The highest BCUT2D eigenvalue weighted by molar-refractivity contribution is 5.67. The summed E-state index contributed by atoms with van der Waals surface area (Å²) in [5.74, 6) is 0.784. The third-order valence-electron chi connectivity index (χ3n) is 3.09. The minimum Gasteiger partial charge on any atom is -0.378 e. The molecule has 0 aromatic heterocycles. The number of rotatable bonds is 2. The van der Waals surface area contributed by atoms with Crippen LogP contribution in [-0.4, -0.2) is 24.1 Å². The first kappa shape index (κ1) is 11.7. The Bertz CT molecular complexity index is 628. The van der Waals surface area contributed by atoms with Crippen LogP contribution in [0.15, 0.2) is 54.6 Å². The Labute approximate surface area is 112 Å². The summed E-state index contributed by atoms with van der Waals surface area (Å²) in [6.07, 6.45) is 0. The van der Waals surface area contributed by atoms with Crippen LogP contribution in [0.2, 0.25) is 0 Å². The van der Waals surface area contributed by atoms with Gasteiger partial charge in [0.15, 0.2) is 5.82 Å². The molecule has 3 nitrogen and oxygen atoms in total. The lowest BCUT2D eigenvalue weighted by molar-refractivity contribution is 1.13. The predicted molar refractivity (Wildman–Crippen MR) is 78.4 cm³/mol. The van der Waals surface area contributed by atoms with Gasteiger partial charge in [0, 0.05) is 25.3 Å². The second kappa shape index (κ2) is 4.69. The summed E-state index contributed by atoms with van der Waals surface area (Å²) in [6.45, 7) is 0. The molecule has 0 unspecified atom stereocenters. The third kappa shape index (κ3) is 2.27. The molecule has 19 heavy (non-hydrogen) atoms. The summed E-state index contributed by atoms with van der Waals surface area (Å²) in [5.41, 5.74) is 4.07. The van der Waals surface area contributed by atoms with Gasteiger partial charge in [0.05, 0.1) is 11.4 Å². The van der Waals surface area contributed by atoms with E-state index in [1.165, 1.54) is 5.69 Å². The number of imidazole rings is 1. The van der Waals surface area contributed by atoms with Gasteiger partial charge in [-0.2, -0.15) is 0 Å². The highest BCUT2D eigenvalue weighted by Crippen LogP contribution is 2.25. The molecule has 1 aromatic rings. The third-order valence-corrected chi connectivity index (χ3v) is 3.09. The molecule has 0 atom stereocenters. The van der Waals surface area contributed by atoms with E-state index in [0.717, 1.165) is 22.8 Å². The highest BCUT2D eigenvalue weighted by Gasteiger charge is 2.10. The van der Waals surface area contributed by atoms with Crippen LogP contribution in [0.5, 0.6) is 0 Å². The van der Waals surface area contributed by atoms with Gasteiger partial charge in [-0.05, 0) is 36.4 Å². The topological polar surface area (TPSA) is 29.0 Å². The first-order valence-corrected chi connectivity index (χ1v) is 6.24. The Kier molecular flexibility index (Phi) is 2.88. The maximum atomic E-state index is 4.57. The Morgan fingerprint density at radius 1 is 0.737 bits per heavy atom. The van der Waals surface area contributed by atoms with E-state index in [0.29, 0.717) is 0 Å². The first-order chi connectivity index (χ1) is 9.24. The van der Waals surface area contributed by atoms with Crippen molar-refractivity contribution in [2.75, 3.05) is 19.0 Å². The largest absolute Gasteiger partial charge is 0.378 e. The van der Waals surface area contributed by atoms with Crippen LogP contribution in [0.3, 0.4) is 0 Å². The van der Waals surface area contributed by atoms with Gasteiger partial charge < -0.3 is 4.90 Å². The molecule has 0 amide bonds. The van der Waals surface area contributed by atoms with Crippen LogP contribution in [0.25, 0.3) is 22.8 Å². The Hall–Kier alpha value is -2.42. The number of anilines is 1. The lowest BCUT2D eigenvalue weighted by atomic mass is 10.2. The monoisotopic (exact) mass is 249 g/mol. The molecule has 0 saturated heterocycles. The van der Waals surface area contributed by atoms with E-state index in [2.05, 4.69) is 39.1 Å². The molecule has 0 saturated carbocycles. The molecule has 94 valence electrons. The summed E-state index contributed by atoms with van der Waals surface area (Å²) in [7, 11) is 4.06. The van der Waals surface area contributed by atoms with Gasteiger partial charge in [-0.25, -0.2) is 9.97 Å². The Balaban J connectivity index is 2.03. The van der Waals surface area contributed by atoms with E-state index < -0.39 is 0 Å². The average molecular weight is 249 g/mol. The van der Waals surface area contributed by atoms with Gasteiger partial charge in [0.2, 0.25) is 0 Å². The van der Waals surface area contributed by atoms with Crippen LogP contribution < -0.4 is 4.90 Å². The van der Waals surface area contributed by atoms with Gasteiger partial charge in [-0.15, -0.1) is 0 Å². The minimum atomic E-state index is 0.784. The molecular weight excluding hydrogens is 234 g/mol. The Morgan fingerprint density at radius 2 is 1.32 bits per heavy atom. The van der Waals surface area contributed by atoms with Crippen LogP contribution in [0.1, 0.15) is 0 Å². The van der Waals surface area contributed by atoms with Crippen molar-refractivity contribution in [3.05, 3.63) is 54.6 Å². The van der Waals surface area contributed by atoms with E-state index in [1.54, 1.807) is 0 Å². The van der Waals surface area contributed by atoms with Crippen LogP contribution in [-0.2, 0) is 0 Å². The zero-order valence-electron chi connectivity index (χ0n) is 11.0. The van der Waals surface area contributed by atoms with E-state index in [9.17, 15) is 0 Å². The SMILES string of the molecule is CN(C)c1ccc(-c2nc3cccccc-3n2)cc1. The van der Waals surface area contributed by atoms with Gasteiger partial charge in [0.1, 0.15) is 0 Å². The molecule has 1 aliphatic carbocycles. The standard InChI is InChI=1S/C16H15N3/c1-19(2)13-10-8-12(9-11-13)16-17-14-6-4-3-5-7-15(14)18-16/h3-11H,1-2H3. The van der Waals surface area contributed by atoms with E-state index in [1.807, 2.05) is 44.4 Å².